The number of thiocarbonyl (C=S) groups is 1. The highest BCUT2D eigenvalue weighted by atomic mass is 32.1. The summed E-state index contributed by atoms with van der Waals surface area (Å²) in [5.41, 5.74) is 3.21. The van der Waals surface area contributed by atoms with Crippen LogP contribution < -0.4 is 15.4 Å². The van der Waals surface area contributed by atoms with Gasteiger partial charge in [-0.15, -0.1) is 0 Å². The van der Waals surface area contributed by atoms with E-state index in [4.69, 9.17) is 17.0 Å². The first-order chi connectivity index (χ1) is 10.1. The fourth-order valence-corrected chi connectivity index (χ4v) is 1.90. The van der Waals surface area contributed by atoms with Crippen molar-refractivity contribution in [3.05, 3.63) is 47.2 Å². The first kappa shape index (κ1) is 15.2. The standard InChI is InChI=1S/C15H18N4OS/c1-10-4-6-12(7-5-10)9-16-15(21)19-14-17-11(2)8-13(18-14)20-3/h4-8H,9H2,1-3H3,(H2,16,17,18,19,21). The Labute approximate surface area is 129 Å². The monoisotopic (exact) mass is 302 g/mol. The van der Waals surface area contributed by atoms with Gasteiger partial charge in [-0.05, 0) is 31.6 Å². The van der Waals surface area contributed by atoms with E-state index in [1.54, 1.807) is 13.2 Å². The Balaban J connectivity index is 1.92. The van der Waals surface area contributed by atoms with E-state index >= 15 is 0 Å². The van der Waals surface area contributed by atoms with Gasteiger partial charge in [0.25, 0.3) is 0 Å². The number of anilines is 1. The summed E-state index contributed by atoms with van der Waals surface area (Å²) in [6.45, 7) is 4.58. The number of rotatable bonds is 4. The molecule has 5 nitrogen and oxygen atoms in total. The molecule has 110 valence electrons. The topological polar surface area (TPSA) is 59.1 Å². The van der Waals surface area contributed by atoms with Crippen molar-refractivity contribution in [1.82, 2.24) is 15.3 Å². The van der Waals surface area contributed by atoms with Crippen molar-refractivity contribution < 1.29 is 4.74 Å². The van der Waals surface area contributed by atoms with E-state index in [0.29, 0.717) is 23.5 Å². The second kappa shape index (κ2) is 6.99. The lowest BCUT2D eigenvalue weighted by atomic mass is 10.1. The minimum Gasteiger partial charge on any atom is -0.481 e. The van der Waals surface area contributed by atoms with Crippen molar-refractivity contribution in [2.75, 3.05) is 12.4 Å². The van der Waals surface area contributed by atoms with E-state index in [0.717, 1.165) is 11.3 Å². The van der Waals surface area contributed by atoms with Crippen LogP contribution in [-0.2, 0) is 6.54 Å². The first-order valence-corrected chi connectivity index (χ1v) is 6.97. The fourth-order valence-electron chi connectivity index (χ4n) is 1.73. The van der Waals surface area contributed by atoms with Crippen LogP contribution in [0.1, 0.15) is 16.8 Å². The van der Waals surface area contributed by atoms with E-state index in [-0.39, 0.29) is 0 Å². The highest BCUT2D eigenvalue weighted by Gasteiger charge is 2.04. The van der Waals surface area contributed by atoms with Crippen LogP contribution in [0.15, 0.2) is 30.3 Å². The molecule has 0 radical (unpaired) electrons. The summed E-state index contributed by atoms with van der Waals surface area (Å²) < 4.78 is 5.10. The quantitative estimate of drug-likeness (QED) is 0.847. The zero-order chi connectivity index (χ0) is 15.2. The molecule has 6 heteroatoms. The van der Waals surface area contributed by atoms with Crippen molar-refractivity contribution in [2.24, 2.45) is 0 Å². The Hall–Kier alpha value is -2.21. The maximum Gasteiger partial charge on any atom is 0.232 e. The molecule has 0 fully saturated rings. The predicted octanol–water partition coefficient (Wildman–Crippen LogP) is 2.59. The zero-order valence-corrected chi connectivity index (χ0v) is 13.1. The normalized spacial score (nSPS) is 10.0. The summed E-state index contributed by atoms with van der Waals surface area (Å²) in [5.74, 6) is 0.930. The third kappa shape index (κ3) is 4.68. The van der Waals surface area contributed by atoms with Gasteiger partial charge in [-0.2, -0.15) is 4.98 Å². The average molecular weight is 302 g/mol. The van der Waals surface area contributed by atoms with Crippen LogP contribution in [0, 0.1) is 13.8 Å². The molecule has 0 aliphatic rings. The van der Waals surface area contributed by atoms with Gasteiger partial charge in [0.15, 0.2) is 5.11 Å². The molecule has 21 heavy (non-hydrogen) atoms. The number of benzene rings is 1. The Kier molecular flexibility index (Phi) is 5.05. The Bertz CT molecular complexity index is 628. The molecule has 1 heterocycles. The van der Waals surface area contributed by atoms with E-state index in [1.165, 1.54) is 5.56 Å². The minimum atomic E-state index is 0.424. The molecule has 0 saturated heterocycles. The number of methoxy groups -OCH3 is 1. The molecular formula is C15H18N4OS. The molecule has 0 aliphatic carbocycles. The van der Waals surface area contributed by atoms with Crippen molar-refractivity contribution in [3.8, 4) is 5.88 Å². The van der Waals surface area contributed by atoms with Gasteiger partial charge in [0, 0.05) is 18.3 Å². The highest BCUT2D eigenvalue weighted by Crippen LogP contribution is 2.11. The summed E-state index contributed by atoms with van der Waals surface area (Å²) in [6.07, 6.45) is 0. The lowest BCUT2D eigenvalue weighted by Crippen LogP contribution is -2.28. The zero-order valence-electron chi connectivity index (χ0n) is 12.3. The van der Waals surface area contributed by atoms with Gasteiger partial charge in [0.05, 0.1) is 7.11 Å². The summed E-state index contributed by atoms with van der Waals surface area (Å²) in [4.78, 5) is 8.45. The Morgan fingerprint density at radius 1 is 1.19 bits per heavy atom. The summed E-state index contributed by atoms with van der Waals surface area (Å²) in [5, 5.41) is 6.56. The molecule has 2 rings (SSSR count). The molecule has 2 N–H and O–H groups in total. The van der Waals surface area contributed by atoms with Gasteiger partial charge in [0.2, 0.25) is 11.8 Å². The van der Waals surface area contributed by atoms with Crippen LogP contribution in [0.2, 0.25) is 0 Å². The van der Waals surface area contributed by atoms with Gasteiger partial charge >= 0.3 is 0 Å². The van der Waals surface area contributed by atoms with Crippen LogP contribution in [0.5, 0.6) is 5.88 Å². The maximum absolute atomic E-state index is 5.24. The number of nitrogens with one attached hydrogen (secondary N) is 2. The molecule has 0 spiro atoms. The van der Waals surface area contributed by atoms with Gasteiger partial charge in [-0.25, -0.2) is 4.98 Å². The van der Waals surface area contributed by atoms with Gasteiger partial charge in [-0.1, -0.05) is 29.8 Å². The van der Waals surface area contributed by atoms with Gasteiger partial charge in [0.1, 0.15) is 0 Å². The molecule has 0 unspecified atom stereocenters. The Morgan fingerprint density at radius 2 is 1.90 bits per heavy atom. The predicted molar refractivity (Wildman–Crippen MR) is 87.6 cm³/mol. The minimum absolute atomic E-state index is 0.424. The third-order valence-electron chi connectivity index (χ3n) is 2.84. The highest BCUT2D eigenvalue weighted by molar-refractivity contribution is 7.80. The van der Waals surface area contributed by atoms with Crippen molar-refractivity contribution >= 4 is 23.3 Å². The number of ether oxygens (including phenoxy) is 1. The molecular weight excluding hydrogens is 284 g/mol. The maximum atomic E-state index is 5.24. The molecule has 2 aromatic rings. The lowest BCUT2D eigenvalue weighted by molar-refractivity contribution is 0.397. The molecule has 0 saturated carbocycles. The summed E-state index contributed by atoms with van der Waals surface area (Å²) in [7, 11) is 1.57. The molecule has 0 atom stereocenters. The first-order valence-electron chi connectivity index (χ1n) is 6.57. The number of aryl methyl sites for hydroxylation is 2. The van der Waals surface area contributed by atoms with Crippen LogP contribution in [0.4, 0.5) is 5.95 Å². The number of nitrogens with zero attached hydrogens (tertiary/aromatic N) is 2. The fraction of sp³-hybridized carbons (Fsp3) is 0.267. The molecule has 0 amide bonds. The molecule has 1 aromatic carbocycles. The summed E-state index contributed by atoms with van der Waals surface area (Å²) in [6, 6.07) is 10.0. The van der Waals surface area contributed by atoms with Crippen molar-refractivity contribution in [2.45, 2.75) is 20.4 Å². The summed E-state index contributed by atoms with van der Waals surface area (Å²) >= 11 is 5.24. The van der Waals surface area contributed by atoms with Crippen LogP contribution >= 0.6 is 12.2 Å². The largest absolute Gasteiger partial charge is 0.481 e. The van der Waals surface area contributed by atoms with Crippen molar-refractivity contribution in [3.63, 3.8) is 0 Å². The average Bonchev–Trinajstić information content (AvgIpc) is 2.46. The van der Waals surface area contributed by atoms with Crippen LogP contribution in [0.25, 0.3) is 0 Å². The number of aromatic nitrogens is 2. The van der Waals surface area contributed by atoms with E-state index in [2.05, 4.69) is 51.8 Å². The van der Waals surface area contributed by atoms with Gasteiger partial charge < -0.3 is 15.4 Å². The SMILES string of the molecule is COc1cc(C)nc(NC(=S)NCc2ccc(C)cc2)n1. The van der Waals surface area contributed by atoms with Crippen LogP contribution in [0.3, 0.4) is 0 Å². The number of hydrogen-bond donors (Lipinski definition) is 2. The van der Waals surface area contributed by atoms with Crippen molar-refractivity contribution in [1.29, 1.82) is 0 Å². The van der Waals surface area contributed by atoms with Gasteiger partial charge in [-0.3, -0.25) is 0 Å². The molecule has 0 aliphatic heterocycles. The molecule has 0 bridgehead atoms. The third-order valence-corrected chi connectivity index (χ3v) is 3.09. The smallest absolute Gasteiger partial charge is 0.232 e. The van der Waals surface area contributed by atoms with E-state index in [1.807, 2.05) is 6.92 Å². The lowest BCUT2D eigenvalue weighted by Gasteiger charge is -2.10. The van der Waals surface area contributed by atoms with Crippen LogP contribution in [-0.4, -0.2) is 22.2 Å². The number of hydrogen-bond acceptors (Lipinski definition) is 4. The second-order valence-corrected chi connectivity index (χ2v) is 5.08. The Morgan fingerprint density at radius 3 is 2.57 bits per heavy atom. The second-order valence-electron chi connectivity index (χ2n) is 4.67. The van der Waals surface area contributed by atoms with E-state index < -0.39 is 0 Å². The molecule has 1 aromatic heterocycles. The van der Waals surface area contributed by atoms with E-state index in [9.17, 15) is 0 Å².